The molecule has 3 amide bonds. The van der Waals surface area contributed by atoms with Gasteiger partial charge >= 0.3 is 6.03 Å². The quantitative estimate of drug-likeness (QED) is 0.432. The largest absolute Gasteiger partial charge is 0.361 e. The zero-order valence-electron chi connectivity index (χ0n) is 14.4. The molecule has 0 aromatic heterocycles. The van der Waals surface area contributed by atoms with Crippen LogP contribution in [-0.2, 0) is 9.53 Å². The summed E-state index contributed by atoms with van der Waals surface area (Å²) < 4.78 is 5.56. The fourth-order valence-electron chi connectivity index (χ4n) is 2.36. The molecule has 24 heavy (non-hydrogen) atoms. The fraction of sp³-hybridized carbons (Fsp3) is 0.471. The highest BCUT2D eigenvalue weighted by Gasteiger charge is 2.33. The first kappa shape index (κ1) is 18.3. The van der Waals surface area contributed by atoms with E-state index >= 15 is 0 Å². The van der Waals surface area contributed by atoms with Crippen molar-refractivity contribution < 1.29 is 19.1 Å². The van der Waals surface area contributed by atoms with Crippen molar-refractivity contribution in [3.8, 4) is 0 Å². The van der Waals surface area contributed by atoms with Crippen LogP contribution >= 0.6 is 0 Å². The fourth-order valence-corrected chi connectivity index (χ4v) is 3.11. The molecular weight excluding hydrogens is 324 g/mol. The van der Waals surface area contributed by atoms with Crippen LogP contribution in [0, 0.1) is 0 Å². The van der Waals surface area contributed by atoms with E-state index in [0.717, 1.165) is 17.2 Å². The van der Waals surface area contributed by atoms with Gasteiger partial charge in [0.25, 0.3) is 0 Å². The maximum atomic E-state index is 12.6. The molecule has 1 aromatic rings. The molecule has 0 saturated carbocycles. The predicted octanol–water partition coefficient (Wildman–Crippen LogP) is 2.97. The average Bonchev–Trinajstić information content (AvgIpc) is 2.53. The number of imide groups is 1. The van der Waals surface area contributed by atoms with E-state index < -0.39 is 14.1 Å². The zero-order valence-corrected chi connectivity index (χ0v) is 15.4. The Balaban J connectivity index is 2.02. The molecule has 1 aromatic carbocycles. The Bertz CT molecular complexity index is 627. The van der Waals surface area contributed by atoms with Gasteiger partial charge in [-0.25, -0.2) is 9.69 Å². The molecule has 0 spiro atoms. The maximum absolute atomic E-state index is 12.6. The molecule has 1 heterocycles. The number of hydrogen-bond acceptors (Lipinski definition) is 4. The highest BCUT2D eigenvalue weighted by molar-refractivity contribution is 6.76. The summed E-state index contributed by atoms with van der Waals surface area (Å²) >= 11 is 0. The summed E-state index contributed by atoms with van der Waals surface area (Å²) in [5.74, 6) is -0.226. The minimum atomic E-state index is -1.21. The summed E-state index contributed by atoms with van der Waals surface area (Å²) in [7, 11) is -1.21. The number of anilines is 1. The first-order valence-corrected chi connectivity index (χ1v) is 11.8. The summed E-state index contributed by atoms with van der Waals surface area (Å²) in [6.45, 7) is 7.57. The Morgan fingerprint density at radius 2 is 2.00 bits per heavy atom. The third kappa shape index (κ3) is 4.75. The van der Waals surface area contributed by atoms with Gasteiger partial charge < -0.3 is 4.74 Å². The second-order valence-corrected chi connectivity index (χ2v) is 12.7. The van der Waals surface area contributed by atoms with Gasteiger partial charge in [-0.05, 0) is 18.2 Å². The molecule has 0 unspecified atom stereocenters. The van der Waals surface area contributed by atoms with Crippen molar-refractivity contribution in [3.63, 3.8) is 0 Å². The average molecular weight is 348 g/mol. The van der Waals surface area contributed by atoms with E-state index in [0.29, 0.717) is 24.4 Å². The monoisotopic (exact) mass is 348 g/mol. The molecular formula is C17H24N2O4Si. The van der Waals surface area contributed by atoms with E-state index in [1.165, 1.54) is 4.90 Å². The van der Waals surface area contributed by atoms with Crippen LogP contribution in [-0.4, -0.2) is 51.1 Å². The Morgan fingerprint density at radius 3 is 2.67 bits per heavy atom. The van der Waals surface area contributed by atoms with Crippen molar-refractivity contribution in [2.24, 2.45) is 0 Å². The number of aldehydes is 1. The minimum Gasteiger partial charge on any atom is -0.361 e. The SMILES string of the molecule is C[Si](C)(C)CCOCN1C(=O)CCN(c2cccc(C=O)c2)C1=O. The van der Waals surface area contributed by atoms with Gasteiger partial charge in [-0.2, -0.15) is 0 Å². The molecule has 130 valence electrons. The minimum absolute atomic E-state index is 0.0218. The number of rotatable bonds is 7. The lowest BCUT2D eigenvalue weighted by Crippen LogP contribution is -2.53. The summed E-state index contributed by atoms with van der Waals surface area (Å²) in [6.07, 6.45) is 0.981. The van der Waals surface area contributed by atoms with E-state index in [4.69, 9.17) is 4.74 Å². The first-order chi connectivity index (χ1) is 11.3. The van der Waals surface area contributed by atoms with Crippen LogP contribution in [0.2, 0.25) is 25.7 Å². The number of hydrogen-bond donors (Lipinski definition) is 0. The molecule has 1 fully saturated rings. The summed E-state index contributed by atoms with van der Waals surface area (Å²) in [5, 5.41) is 0. The number of carbonyl (C=O) groups is 3. The van der Waals surface area contributed by atoms with Gasteiger partial charge in [0, 0.05) is 38.9 Å². The van der Waals surface area contributed by atoms with Crippen LogP contribution < -0.4 is 4.90 Å². The van der Waals surface area contributed by atoms with Crippen molar-refractivity contribution in [2.75, 3.05) is 24.8 Å². The number of urea groups is 1. The van der Waals surface area contributed by atoms with E-state index in [9.17, 15) is 14.4 Å². The standard InChI is InChI=1S/C17H24N2O4Si/c1-24(2,3)10-9-23-13-19-16(21)7-8-18(17(19)22)15-6-4-5-14(11-15)12-20/h4-6,11-12H,7-10,13H2,1-3H3. The van der Waals surface area contributed by atoms with Crippen LogP contribution in [0.5, 0.6) is 0 Å². The van der Waals surface area contributed by atoms with E-state index in [2.05, 4.69) is 19.6 Å². The first-order valence-electron chi connectivity index (χ1n) is 8.07. The van der Waals surface area contributed by atoms with Crippen molar-refractivity contribution in [1.82, 2.24) is 4.90 Å². The van der Waals surface area contributed by atoms with E-state index in [1.807, 2.05) is 0 Å². The predicted molar refractivity (Wildman–Crippen MR) is 95.0 cm³/mol. The van der Waals surface area contributed by atoms with Crippen LogP contribution in [0.25, 0.3) is 0 Å². The van der Waals surface area contributed by atoms with Crippen LogP contribution in [0.1, 0.15) is 16.8 Å². The third-order valence-electron chi connectivity index (χ3n) is 3.85. The van der Waals surface area contributed by atoms with Crippen molar-refractivity contribution in [1.29, 1.82) is 0 Å². The number of ether oxygens (including phenoxy) is 1. The Hall–Kier alpha value is -1.99. The Labute approximate surface area is 143 Å². The van der Waals surface area contributed by atoms with E-state index in [1.54, 1.807) is 24.3 Å². The summed E-state index contributed by atoms with van der Waals surface area (Å²) in [6, 6.07) is 7.37. The zero-order chi connectivity index (χ0) is 17.7. The number of carbonyl (C=O) groups excluding carboxylic acids is 3. The molecule has 7 heteroatoms. The summed E-state index contributed by atoms with van der Waals surface area (Å²) in [4.78, 5) is 38.2. The molecule has 0 N–H and O–H groups in total. The number of nitrogens with zero attached hydrogens (tertiary/aromatic N) is 2. The molecule has 1 saturated heterocycles. The number of benzene rings is 1. The lowest BCUT2D eigenvalue weighted by Gasteiger charge is -2.34. The highest BCUT2D eigenvalue weighted by Crippen LogP contribution is 2.21. The normalized spacial score (nSPS) is 15.8. The number of amides is 3. The Morgan fingerprint density at radius 1 is 1.25 bits per heavy atom. The van der Waals surface area contributed by atoms with Crippen LogP contribution in [0.4, 0.5) is 10.5 Å². The molecule has 0 radical (unpaired) electrons. The molecule has 0 atom stereocenters. The van der Waals surface area contributed by atoms with Crippen LogP contribution in [0.15, 0.2) is 24.3 Å². The highest BCUT2D eigenvalue weighted by atomic mass is 28.3. The van der Waals surface area contributed by atoms with Crippen molar-refractivity contribution in [3.05, 3.63) is 29.8 Å². The van der Waals surface area contributed by atoms with Gasteiger partial charge in [-0.3, -0.25) is 14.5 Å². The van der Waals surface area contributed by atoms with Crippen molar-refractivity contribution >= 4 is 32.0 Å². The van der Waals surface area contributed by atoms with Crippen molar-refractivity contribution in [2.45, 2.75) is 32.1 Å². The van der Waals surface area contributed by atoms with Crippen LogP contribution in [0.3, 0.4) is 0 Å². The third-order valence-corrected chi connectivity index (χ3v) is 5.55. The second kappa shape index (κ2) is 7.72. The van der Waals surface area contributed by atoms with E-state index in [-0.39, 0.29) is 19.1 Å². The maximum Gasteiger partial charge on any atom is 0.333 e. The van der Waals surface area contributed by atoms with Gasteiger partial charge in [0.15, 0.2) is 0 Å². The molecule has 0 bridgehead atoms. The van der Waals surface area contributed by atoms with Gasteiger partial charge in [0.2, 0.25) is 5.91 Å². The second-order valence-electron chi connectivity index (χ2n) is 7.07. The van der Waals surface area contributed by atoms with Gasteiger partial charge in [0.1, 0.15) is 13.0 Å². The molecule has 0 aliphatic carbocycles. The molecule has 2 rings (SSSR count). The molecule has 6 nitrogen and oxygen atoms in total. The lowest BCUT2D eigenvalue weighted by atomic mass is 10.2. The van der Waals surface area contributed by atoms with Gasteiger partial charge in [-0.15, -0.1) is 0 Å². The van der Waals surface area contributed by atoms with Gasteiger partial charge in [0.05, 0.1) is 0 Å². The molecule has 1 aliphatic heterocycles. The Kier molecular flexibility index (Phi) is 5.90. The smallest absolute Gasteiger partial charge is 0.333 e. The summed E-state index contributed by atoms with van der Waals surface area (Å²) in [5.41, 5.74) is 1.11. The molecule has 1 aliphatic rings. The topological polar surface area (TPSA) is 66.9 Å². The lowest BCUT2D eigenvalue weighted by molar-refractivity contribution is -0.133. The van der Waals surface area contributed by atoms with Gasteiger partial charge in [-0.1, -0.05) is 31.8 Å².